The minimum Gasteiger partial charge on any atom is -0.379 e. The van der Waals surface area contributed by atoms with Crippen LogP contribution in [0.1, 0.15) is 58.8 Å². The minimum atomic E-state index is -3.77. The molecule has 0 aromatic rings. The normalized spacial score (nSPS) is 11.0. The van der Waals surface area contributed by atoms with E-state index in [9.17, 15) is 8.42 Å². The fourth-order valence-electron chi connectivity index (χ4n) is 1.70. The molecule has 0 bridgehead atoms. The molecule has 0 saturated carbocycles. The second kappa shape index (κ2) is 16.1. The highest BCUT2D eigenvalue weighted by Crippen LogP contribution is 2.06. The van der Waals surface area contributed by atoms with Crippen LogP contribution in [-0.2, 0) is 28.8 Å². The van der Waals surface area contributed by atoms with Gasteiger partial charge in [0.2, 0.25) is 0 Å². The second-order valence-corrected chi connectivity index (χ2v) is 6.68. The number of ether oxygens (including phenoxy) is 2. The van der Waals surface area contributed by atoms with Gasteiger partial charge in [0.25, 0.3) is 0 Å². The summed E-state index contributed by atoms with van der Waals surface area (Å²) in [4.78, 5) is 4.41. The summed E-state index contributed by atoms with van der Waals surface area (Å²) in [6.07, 6.45) is 10.0. The van der Waals surface area contributed by atoms with Crippen LogP contribution in [-0.4, -0.2) is 40.6 Å². The standard InChI is InChI=1S/C16H30O6S/c1-3-5-6-7-8-9-10-11-12-21-22-23(17,18)16-15-20-14-13-19-4-2/h3-10,13-16H2,1-2H3. The third-order valence-corrected chi connectivity index (χ3v) is 3.90. The van der Waals surface area contributed by atoms with Crippen LogP contribution in [0.4, 0.5) is 0 Å². The highest BCUT2D eigenvalue weighted by atomic mass is 32.2. The monoisotopic (exact) mass is 350 g/mol. The van der Waals surface area contributed by atoms with Gasteiger partial charge in [0, 0.05) is 13.0 Å². The molecule has 0 spiro atoms. The molecular formula is C16H30O6S. The van der Waals surface area contributed by atoms with Gasteiger partial charge in [-0.25, -0.2) is 0 Å². The van der Waals surface area contributed by atoms with E-state index < -0.39 is 10.1 Å². The Labute approximate surface area is 140 Å². The number of rotatable bonds is 15. The Kier molecular flexibility index (Phi) is 15.5. The summed E-state index contributed by atoms with van der Waals surface area (Å²) in [6.45, 7) is 5.49. The number of hydrogen-bond donors (Lipinski definition) is 0. The lowest BCUT2D eigenvalue weighted by Crippen LogP contribution is -2.16. The van der Waals surface area contributed by atoms with E-state index in [0.717, 1.165) is 12.8 Å². The Morgan fingerprint density at radius 2 is 1.57 bits per heavy atom. The molecular weight excluding hydrogens is 320 g/mol. The smallest absolute Gasteiger partial charge is 0.306 e. The summed E-state index contributed by atoms with van der Waals surface area (Å²) in [5, 5.41) is 0. The van der Waals surface area contributed by atoms with E-state index in [2.05, 4.69) is 28.2 Å². The Morgan fingerprint density at radius 3 is 2.30 bits per heavy atom. The van der Waals surface area contributed by atoms with Crippen molar-refractivity contribution in [1.82, 2.24) is 0 Å². The maximum atomic E-state index is 11.4. The number of unbranched alkanes of at least 4 members (excludes halogenated alkanes) is 6. The second-order valence-electron chi connectivity index (χ2n) is 5.02. The third-order valence-electron chi connectivity index (χ3n) is 2.96. The highest BCUT2D eigenvalue weighted by Gasteiger charge is 2.12. The molecule has 0 aromatic carbocycles. The van der Waals surface area contributed by atoms with Crippen LogP contribution in [0.2, 0.25) is 0 Å². The first kappa shape index (κ1) is 22.2. The Hall–Kier alpha value is -0.810. The zero-order valence-electron chi connectivity index (χ0n) is 14.3. The molecule has 0 N–H and O–H groups in total. The Bertz CT molecular complexity index is 410. The molecule has 0 radical (unpaired) electrons. The van der Waals surface area contributed by atoms with Gasteiger partial charge >= 0.3 is 10.1 Å². The summed E-state index contributed by atoms with van der Waals surface area (Å²) in [6, 6.07) is 0. The van der Waals surface area contributed by atoms with Crippen LogP contribution in [0.3, 0.4) is 0 Å². The molecule has 0 aromatic heterocycles. The Balaban J connectivity index is 3.53. The summed E-state index contributed by atoms with van der Waals surface area (Å²) < 4.78 is 37.3. The maximum Gasteiger partial charge on any atom is 0.306 e. The van der Waals surface area contributed by atoms with Crippen molar-refractivity contribution in [3.63, 3.8) is 0 Å². The van der Waals surface area contributed by atoms with Gasteiger partial charge in [-0.3, -0.25) is 4.89 Å². The van der Waals surface area contributed by atoms with Gasteiger partial charge < -0.3 is 9.47 Å². The molecule has 0 rings (SSSR count). The van der Waals surface area contributed by atoms with E-state index in [0.29, 0.717) is 26.2 Å². The van der Waals surface area contributed by atoms with Gasteiger partial charge in [0.05, 0.1) is 19.8 Å². The summed E-state index contributed by atoms with van der Waals surface area (Å²) >= 11 is 0. The molecule has 0 aliphatic rings. The molecule has 7 heteroatoms. The van der Waals surface area contributed by atoms with Gasteiger partial charge in [-0.05, 0) is 17.7 Å². The molecule has 0 heterocycles. The first-order valence-electron chi connectivity index (χ1n) is 8.33. The third kappa shape index (κ3) is 17.4. The lowest BCUT2D eigenvalue weighted by Gasteiger charge is -2.04. The lowest BCUT2D eigenvalue weighted by atomic mass is 10.1. The van der Waals surface area contributed by atoms with Crippen LogP contribution in [0, 0.1) is 12.0 Å². The summed E-state index contributed by atoms with van der Waals surface area (Å²) in [5.74, 6) is 2.45. The highest BCUT2D eigenvalue weighted by molar-refractivity contribution is 7.86. The fraction of sp³-hybridized carbons (Fsp3) is 0.875. The van der Waals surface area contributed by atoms with E-state index in [4.69, 9.17) is 9.47 Å². The van der Waals surface area contributed by atoms with Crippen molar-refractivity contribution < 1.29 is 27.1 Å². The van der Waals surface area contributed by atoms with E-state index in [1.807, 2.05) is 6.92 Å². The zero-order valence-corrected chi connectivity index (χ0v) is 15.2. The van der Waals surface area contributed by atoms with Crippen molar-refractivity contribution in [3.05, 3.63) is 0 Å². The largest absolute Gasteiger partial charge is 0.379 e. The van der Waals surface area contributed by atoms with Crippen molar-refractivity contribution in [2.75, 3.05) is 32.2 Å². The average Bonchev–Trinajstić information content (AvgIpc) is 2.52. The van der Waals surface area contributed by atoms with Crippen LogP contribution >= 0.6 is 0 Å². The zero-order chi connectivity index (χ0) is 17.2. The molecule has 0 aliphatic heterocycles. The van der Waals surface area contributed by atoms with Crippen LogP contribution in [0.15, 0.2) is 0 Å². The van der Waals surface area contributed by atoms with Crippen LogP contribution in [0.25, 0.3) is 0 Å². The predicted molar refractivity (Wildman–Crippen MR) is 89.0 cm³/mol. The quantitative estimate of drug-likeness (QED) is 0.196. The van der Waals surface area contributed by atoms with E-state index in [1.54, 1.807) is 0 Å². The van der Waals surface area contributed by atoms with E-state index in [-0.39, 0.29) is 12.4 Å². The van der Waals surface area contributed by atoms with E-state index >= 15 is 0 Å². The average molecular weight is 350 g/mol. The van der Waals surface area contributed by atoms with Crippen molar-refractivity contribution in [3.8, 4) is 12.0 Å². The summed E-state index contributed by atoms with van der Waals surface area (Å²) in [5.41, 5.74) is 0. The SMILES string of the molecule is CCCCCCCCC#COOS(=O)(=O)CCOCCOCC. The molecule has 6 nitrogen and oxygen atoms in total. The van der Waals surface area contributed by atoms with Crippen molar-refractivity contribution in [2.45, 2.75) is 58.8 Å². The van der Waals surface area contributed by atoms with Gasteiger partial charge in [-0.2, -0.15) is 8.42 Å². The fourth-order valence-corrected chi connectivity index (χ4v) is 2.23. The Morgan fingerprint density at radius 1 is 0.870 bits per heavy atom. The first-order chi connectivity index (χ1) is 11.1. The lowest BCUT2D eigenvalue weighted by molar-refractivity contribution is -0.127. The predicted octanol–water partition coefficient (Wildman–Crippen LogP) is 3.03. The van der Waals surface area contributed by atoms with Gasteiger partial charge in [-0.1, -0.05) is 44.9 Å². The molecule has 0 atom stereocenters. The maximum absolute atomic E-state index is 11.4. The molecule has 0 amide bonds. The topological polar surface area (TPSA) is 71.1 Å². The van der Waals surface area contributed by atoms with E-state index in [1.165, 1.54) is 25.7 Å². The van der Waals surface area contributed by atoms with Gasteiger partial charge in [0.1, 0.15) is 5.75 Å². The minimum absolute atomic E-state index is 0.0317. The molecule has 0 saturated heterocycles. The van der Waals surface area contributed by atoms with Crippen molar-refractivity contribution in [2.24, 2.45) is 0 Å². The molecule has 136 valence electrons. The molecule has 23 heavy (non-hydrogen) atoms. The number of hydrogen-bond acceptors (Lipinski definition) is 6. The molecule has 0 aliphatic carbocycles. The molecule has 0 unspecified atom stereocenters. The first-order valence-corrected chi connectivity index (χ1v) is 9.91. The van der Waals surface area contributed by atoms with Gasteiger partial charge in [-0.15, -0.1) is 0 Å². The van der Waals surface area contributed by atoms with Crippen LogP contribution in [0.5, 0.6) is 0 Å². The van der Waals surface area contributed by atoms with Gasteiger partial charge in [0.15, 0.2) is 6.11 Å². The summed E-state index contributed by atoms with van der Waals surface area (Å²) in [7, 11) is -3.77. The van der Waals surface area contributed by atoms with Crippen LogP contribution < -0.4 is 0 Å². The van der Waals surface area contributed by atoms with Crippen molar-refractivity contribution >= 4 is 10.1 Å². The van der Waals surface area contributed by atoms with Crippen molar-refractivity contribution in [1.29, 1.82) is 0 Å². The molecule has 0 fully saturated rings.